The van der Waals surface area contributed by atoms with E-state index in [-0.39, 0.29) is 17.9 Å². The van der Waals surface area contributed by atoms with Gasteiger partial charge in [-0.15, -0.1) is 0 Å². The number of amides is 2. The summed E-state index contributed by atoms with van der Waals surface area (Å²) in [6.07, 6.45) is 3.61. The van der Waals surface area contributed by atoms with Crippen molar-refractivity contribution in [2.24, 2.45) is 0 Å². The van der Waals surface area contributed by atoms with Gasteiger partial charge in [0.15, 0.2) is 0 Å². The van der Waals surface area contributed by atoms with E-state index in [4.69, 9.17) is 0 Å². The zero-order valence-electron chi connectivity index (χ0n) is 14.5. The van der Waals surface area contributed by atoms with Crippen LogP contribution in [0.1, 0.15) is 23.1 Å². The molecule has 1 aliphatic heterocycles. The average Bonchev–Trinajstić information content (AvgIpc) is 2.96. The SMILES string of the molecule is Cc1ccc(N2CC(NC(=O)/C=C\c3ccccc3)CC2=O)cc1C. The number of aryl methyl sites for hydroxylation is 2. The zero-order chi connectivity index (χ0) is 17.8. The van der Waals surface area contributed by atoms with Gasteiger partial charge in [0.1, 0.15) is 0 Å². The monoisotopic (exact) mass is 334 g/mol. The van der Waals surface area contributed by atoms with Gasteiger partial charge < -0.3 is 10.2 Å². The lowest BCUT2D eigenvalue weighted by atomic mass is 10.1. The molecule has 1 atom stereocenters. The second-order valence-electron chi connectivity index (χ2n) is 6.43. The number of hydrogen-bond acceptors (Lipinski definition) is 2. The summed E-state index contributed by atoms with van der Waals surface area (Å²) in [6.45, 7) is 4.59. The molecule has 4 heteroatoms. The lowest BCUT2D eigenvalue weighted by Crippen LogP contribution is -2.36. The van der Waals surface area contributed by atoms with Gasteiger partial charge in [-0.1, -0.05) is 36.4 Å². The van der Waals surface area contributed by atoms with Crippen molar-refractivity contribution in [2.45, 2.75) is 26.3 Å². The molecule has 1 N–H and O–H groups in total. The maximum Gasteiger partial charge on any atom is 0.244 e. The number of carbonyl (C=O) groups is 2. The van der Waals surface area contributed by atoms with E-state index >= 15 is 0 Å². The maximum atomic E-state index is 12.3. The number of nitrogens with zero attached hydrogens (tertiary/aromatic N) is 1. The Morgan fingerprint density at radius 1 is 1.12 bits per heavy atom. The van der Waals surface area contributed by atoms with E-state index in [0.29, 0.717) is 13.0 Å². The van der Waals surface area contributed by atoms with Crippen LogP contribution in [0.3, 0.4) is 0 Å². The molecule has 0 spiro atoms. The summed E-state index contributed by atoms with van der Waals surface area (Å²) in [5.41, 5.74) is 4.22. The fraction of sp³-hybridized carbons (Fsp3) is 0.238. The minimum absolute atomic E-state index is 0.0422. The quantitative estimate of drug-likeness (QED) is 0.873. The zero-order valence-corrected chi connectivity index (χ0v) is 14.5. The van der Waals surface area contributed by atoms with Crippen LogP contribution < -0.4 is 10.2 Å². The molecular weight excluding hydrogens is 312 g/mol. The first-order chi connectivity index (χ1) is 12.0. The number of benzene rings is 2. The van der Waals surface area contributed by atoms with Gasteiger partial charge in [0.05, 0.1) is 6.04 Å². The molecule has 2 aromatic rings. The molecule has 2 amide bonds. The molecule has 128 valence electrons. The van der Waals surface area contributed by atoms with Crippen molar-refractivity contribution in [1.82, 2.24) is 5.32 Å². The highest BCUT2D eigenvalue weighted by Gasteiger charge is 2.31. The summed E-state index contributed by atoms with van der Waals surface area (Å²) in [4.78, 5) is 26.1. The highest BCUT2D eigenvalue weighted by Crippen LogP contribution is 2.24. The van der Waals surface area contributed by atoms with Gasteiger partial charge in [0.2, 0.25) is 11.8 Å². The Morgan fingerprint density at radius 2 is 1.88 bits per heavy atom. The van der Waals surface area contributed by atoms with E-state index in [2.05, 4.69) is 5.32 Å². The van der Waals surface area contributed by atoms with Gasteiger partial charge in [0.25, 0.3) is 0 Å². The highest BCUT2D eigenvalue weighted by atomic mass is 16.2. The molecule has 0 radical (unpaired) electrons. The van der Waals surface area contributed by atoms with Gasteiger partial charge in [-0.05, 0) is 48.7 Å². The van der Waals surface area contributed by atoms with Crippen LogP contribution in [0.2, 0.25) is 0 Å². The molecule has 1 aliphatic rings. The number of nitrogens with one attached hydrogen (secondary N) is 1. The van der Waals surface area contributed by atoms with E-state index in [1.165, 1.54) is 11.6 Å². The molecule has 0 bridgehead atoms. The Morgan fingerprint density at radius 3 is 2.60 bits per heavy atom. The first kappa shape index (κ1) is 17.0. The van der Waals surface area contributed by atoms with Crippen LogP contribution in [-0.2, 0) is 9.59 Å². The predicted octanol–water partition coefficient (Wildman–Crippen LogP) is 3.24. The molecule has 2 aromatic carbocycles. The largest absolute Gasteiger partial charge is 0.347 e. The minimum Gasteiger partial charge on any atom is -0.347 e. The topological polar surface area (TPSA) is 49.4 Å². The number of rotatable bonds is 4. The molecule has 0 aliphatic carbocycles. The van der Waals surface area contributed by atoms with E-state index in [1.807, 2.05) is 62.4 Å². The van der Waals surface area contributed by atoms with Gasteiger partial charge in [-0.3, -0.25) is 9.59 Å². The van der Waals surface area contributed by atoms with Crippen molar-refractivity contribution < 1.29 is 9.59 Å². The van der Waals surface area contributed by atoms with Crippen LogP contribution in [-0.4, -0.2) is 24.4 Å². The highest BCUT2D eigenvalue weighted by molar-refractivity contribution is 5.98. The fourth-order valence-electron chi connectivity index (χ4n) is 2.93. The summed E-state index contributed by atoms with van der Waals surface area (Å²) >= 11 is 0. The Labute approximate surface area is 148 Å². The summed E-state index contributed by atoms with van der Waals surface area (Å²) in [5, 5.41) is 2.92. The van der Waals surface area contributed by atoms with Crippen molar-refractivity contribution in [1.29, 1.82) is 0 Å². The van der Waals surface area contributed by atoms with Crippen LogP contribution in [0.25, 0.3) is 6.08 Å². The van der Waals surface area contributed by atoms with E-state index < -0.39 is 0 Å². The predicted molar refractivity (Wildman–Crippen MR) is 100 cm³/mol. The Balaban J connectivity index is 1.61. The maximum absolute atomic E-state index is 12.3. The summed E-state index contributed by atoms with van der Waals surface area (Å²) in [6, 6.07) is 15.5. The third-order valence-corrected chi connectivity index (χ3v) is 4.50. The lowest BCUT2D eigenvalue weighted by Gasteiger charge is -2.18. The van der Waals surface area contributed by atoms with Crippen LogP contribution in [0.4, 0.5) is 5.69 Å². The summed E-state index contributed by atoms with van der Waals surface area (Å²) in [7, 11) is 0. The average molecular weight is 334 g/mol. The molecule has 0 saturated carbocycles. The van der Waals surface area contributed by atoms with Gasteiger partial charge >= 0.3 is 0 Å². The van der Waals surface area contributed by atoms with Gasteiger partial charge in [-0.25, -0.2) is 0 Å². The Hall–Kier alpha value is -2.88. The second kappa shape index (κ2) is 7.34. The number of carbonyl (C=O) groups excluding carboxylic acids is 2. The van der Waals surface area contributed by atoms with Crippen LogP contribution in [0.15, 0.2) is 54.6 Å². The molecule has 1 unspecified atom stereocenters. The minimum atomic E-state index is -0.177. The third-order valence-electron chi connectivity index (χ3n) is 4.50. The Bertz CT molecular complexity index is 812. The molecule has 25 heavy (non-hydrogen) atoms. The molecule has 1 heterocycles. The van der Waals surface area contributed by atoms with Crippen molar-refractivity contribution in [3.05, 3.63) is 71.3 Å². The lowest BCUT2D eigenvalue weighted by molar-refractivity contribution is -0.117. The molecule has 4 nitrogen and oxygen atoms in total. The second-order valence-corrected chi connectivity index (χ2v) is 6.43. The fourth-order valence-corrected chi connectivity index (χ4v) is 2.93. The number of hydrogen-bond donors (Lipinski definition) is 1. The first-order valence-electron chi connectivity index (χ1n) is 8.44. The summed E-state index contributed by atoms with van der Waals surface area (Å²) in [5.74, 6) is -0.135. The standard InChI is InChI=1S/C21H22N2O2/c1-15-8-10-19(12-16(15)2)23-14-18(13-21(23)25)22-20(24)11-9-17-6-4-3-5-7-17/h3-12,18H,13-14H2,1-2H3,(H,22,24)/b11-9-. The van der Waals surface area contributed by atoms with Crippen LogP contribution in [0, 0.1) is 13.8 Å². The van der Waals surface area contributed by atoms with E-state index in [0.717, 1.165) is 16.8 Å². The van der Waals surface area contributed by atoms with Crippen molar-refractivity contribution in [3.8, 4) is 0 Å². The molecule has 3 rings (SSSR count). The van der Waals surface area contributed by atoms with Gasteiger partial charge in [0, 0.05) is 24.7 Å². The van der Waals surface area contributed by atoms with Gasteiger partial charge in [-0.2, -0.15) is 0 Å². The normalized spacial score (nSPS) is 17.3. The van der Waals surface area contributed by atoms with Crippen molar-refractivity contribution in [3.63, 3.8) is 0 Å². The van der Waals surface area contributed by atoms with Crippen LogP contribution in [0.5, 0.6) is 0 Å². The van der Waals surface area contributed by atoms with Crippen LogP contribution >= 0.6 is 0 Å². The first-order valence-corrected chi connectivity index (χ1v) is 8.44. The smallest absolute Gasteiger partial charge is 0.244 e. The summed E-state index contributed by atoms with van der Waals surface area (Å²) < 4.78 is 0. The molecule has 0 aromatic heterocycles. The number of anilines is 1. The third kappa shape index (κ3) is 4.15. The van der Waals surface area contributed by atoms with Crippen molar-refractivity contribution >= 4 is 23.6 Å². The molecule has 1 saturated heterocycles. The van der Waals surface area contributed by atoms with E-state index in [1.54, 1.807) is 11.0 Å². The van der Waals surface area contributed by atoms with E-state index in [9.17, 15) is 9.59 Å². The molecular formula is C21H22N2O2. The Kier molecular flexibility index (Phi) is 4.98. The van der Waals surface area contributed by atoms with Crippen molar-refractivity contribution in [2.75, 3.05) is 11.4 Å². The molecule has 1 fully saturated rings.